The van der Waals surface area contributed by atoms with Crippen molar-refractivity contribution in [3.05, 3.63) is 30.3 Å². The Morgan fingerprint density at radius 2 is 1.94 bits per heavy atom. The van der Waals surface area contributed by atoms with Crippen molar-refractivity contribution < 1.29 is 18.3 Å². The molecule has 3 N–H and O–H groups in total. The van der Waals surface area contributed by atoms with Gasteiger partial charge >= 0.3 is 0 Å². The first-order chi connectivity index (χ1) is 8.08. The first kappa shape index (κ1) is 14.3. The van der Waals surface area contributed by atoms with Crippen LogP contribution >= 0.6 is 10.8 Å². The normalized spacial score (nSPS) is 11.4. The fourth-order valence-corrected chi connectivity index (χ4v) is 2.62. The van der Waals surface area contributed by atoms with E-state index in [4.69, 9.17) is 0 Å². The molecule has 0 fully saturated rings. The Morgan fingerprint density at radius 1 is 1.24 bits per heavy atom. The van der Waals surface area contributed by atoms with Crippen LogP contribution in [-0.4, -0.2) is 38.4 Å². The monoisotopic (exact) mass is 276 g/mol. The van der Waals surface area contributed by atoms with E-state index >= 15 is 0 Å². The minimum atomic E-state index is -4.13. The minimum Gasteiger partial charge on any atom is -0.739 e. The van der Waals surface area contributed by atoms with Gasteiger partial charge in [-0.1, -0.05) is 18.2 Å². The summed E-state index contributed by atoms with van der Waals surface area (Å²) in [4.78, 5) is 0. The first-order valence-electron chi connectivity index (χ1n) is 5.29. The number of anilines is 1. The lowest BCUT2D eigenvalue weighted by Gasteiger charge is -2.06. The number of hydrogen-bond acceptors (Lipinski definition) is 5. The standard InChI is InChI=1S/C10H16N2O3S2/c13-17(14,15)16-9-8-11-6-7-12-10-4-2-1-3-5-10/h1-5,11-12H,6-9H2,(H,13,14,15). The van der Waals surface area contributed by atoms with E-state index in [1.165, 1.54) is 0 Å². The van der Waals surface area contributed by atoms with Crippen LogP contribution in [0.2, 0.25) is 0 Å². The van der Waals surface area contributed by atoms with Crippen LogP contribution in [0.4, 0.5) is 5.69 Å². The van der Waals surface area contributed by atoms with Crippen LogP contribution in [0.1, 0.15) is 0 Å². The van der Waals surface area contributed by atoms with E-state index in [1.807, 2.05) is 35.6 Å². The average molecular weight is 276 g/mol. The predicted octanol–water partition coefficient (Wildman–Crippen LogP) is -0.145. The summed E-state index contributed by atoms with van der Waals surface area (Å²) in [6, 6.07) is 9.85. The van der Waals surface area contributed by atoms with Gasteiger partial charge in [0.15, 0.2) is 0 Å². The van der Waals surface area contributed by atoms with Gasteiger partial charge in [-0.25, -0.2) is 8.42 Å². The second-order valence-corrected chi connectivity index (χ2v) is 6.78. The number of benzene rings is 1. The van der Waals surface area contributed by atoms with E-state index in [-0.39, 0.29) is 0 Å². The highest BCUT2D eigenvalue weighted by Gasteiger charge is 1.97. The highest BCUT2D eigenvalue weighted by atomic mass is 33.1. The maximum absolute atomic E-state index is 10.3. The van der Waals surface area contributed by atoms with Crippen molar-refractivity contribution in [3.8, 4) is 0 Å². The Kier molecular flexibility index (Phi) is 6.35. The third-order valence-electron chi connectivity index (χ3n) is 2.00. The number of quaternary nitrogens is 1. The molecule has 0 radical (unpaired) electrons. The number of rotatable bonds is 8. The largest absolute Gasteiger partial charge is 0.739 e. The molecule has 1 aromatic carbocycles. The van der Waals surface area contributed by atoms with Gasteiger partial charge < -0.3 is 15.2 Å². The summed E-state index contributed by atoms with van der Waals surface area (Å²) in [5.41, 5.74) is 1.07. The maximum atomic E-state index is 10.3. The summed E-state index contributed by atoms with van der Waals surface area (Å²) in [7, 11) is -3.68. The first-order valence-corrected chi connectivity index (χ1v) is 8.20. The molecule has 7 heteroatoms. The van der Waals surface area contributed by atoms with E-state index in [9.17, 15) is 13.0 Å². The van der Waals surface area contributed by atoms with E-state index in [1.54, 1.807) is 0 Å². The molecule has 1 rings (SSSR count). The van der Waals surface area contributed by atoms with Crippen LogP contribution in [0, 0.1) is 0 Å². The minimum absolute atomic E-state index is 0.331. The van der Waals surface area contributed by atoms with Gasteiger partial charge in [0, 0.05) is 5.69 Å². The molecule has 0 aromatic heterocycles. The summed E-state index contributed by atoms with van der Waals surface area (Å²) in [5, 5.41) is 5.21. The molecule has 96 valence electrons. The number of nitrogens with one attached hydrogen (secondary N) is 1. The van der Waals surface area contributed by atoms with Gasteiger partial charge in [-0.2, -0.15) is 0 Å². The van der Waals surface area contributed by atoms with Gasteiger partial charge in [-0.15, -0.1) is 0 Å². The van der Waals surface area contributed by atoms with Crippen molar-refractivity contribution in [2.24, 2.45) is 0 Å². The highest BCUT2D eigenvalue weighted by Crippen LogP contribution is 2.05. The van der Waals surface area contributed by atoms with Gasteiger partial charge in [-0.05, 0) is 22.9 Å². The second kappa shape index (κ2) is 7.54. The summed E-state index contributed by atoms with van der Waals surface area (Å²) < 4.78 is 30.9. The van der Waals surface area contributed by atoms with Crippen LogP contribution in [0.5, 0.6) is 0 Å². The molecule has 0 aliphatic rings. The van der Waals surface area contributed by atoms with E-state index in [2.05, 4.69) is 5.32 Å². The Balaban J connectivity index is 1.99. The number of nitrogens with two attached hydrogens (primary N) is 1. The van der Waals surface area contributed by atoms with E-state index < -0.39 is 9.15 Å². The predicted molar refractivity (Wildman–Crippen MR) is 68.7 cm³/mol. The van der Waals surface area contributed by atoms with Crippen LogP contribution in [0.25, 0.3) is 0 Å². The molecule has 0 aliphatic heterocycles. The van der Waals surface area contributed by atoms with Crippen LogP contribution in [0.3, 0.4) is 0 Å². The molecule has 0 spiro atoms. The molecule has 0 saturated heterocycles. The van der Waals surface area contributed by atoms with Crippen molar-refractivity contribution in [3.63, 3.8) is 0 Å². The Morgan fingerprint density at radius 3 is 2.59 bits per heavy atom. The quantitative estimate of drug-likeness (QED) is 0.392. The van der Waals surface area contributed by atoms with Crippen molar-refractivity contribution in [1.29, 1.82) is 0 Å². The lowest BCUT2D eigenvalue weighted by molar-refractivity contribution is -0.647. The summed E-state index contributed by atoms with van der Waals surface area (Å²) in [6.07, 6.45) is 0. The third kappa shape index (κ3) is 8.03. The molecular formula is C10H16N2O3S2. The zero-order valence-corrected chi connectivity index (χ0v) is 11.0. The Bertz CT molecular complexity index is 409. The fraction of sp³-hybridized carbons (Fsp3) is 0.400. The fourth-order valence-electron chi connectivity index (χ4n) is 1.25. The van der Waals surface area contributed by atoms with Crippen molar-refractivity contribution in [2.45, 2.75) is 0 Å². The zero-order valence-electron chi connectivity index (χ0n) is 9.33. The van der Waals surface area contributed by atoms with Crippen molar-refractivity contribution >= 4 is 25.6 Å². The molecule has 0 saturated carbocycles. The van der Waals surface area contributed by atoms with Crippen LogP contribution in [-0.2, 0) is 9.15 Å². The smallest absolute Gasteiger partial charge is 0.149 e. The molecule has 1 aromatic rings. The maximum Gasteiger partial charge on any atom is 0.149 e. The van der Waals surface area contributed by atoms with Gasteiger partial charge in [0.2, 0.25) is 0 Å². The summed E-state index contributed by atoms with van der Waals surface area (Å²) in [5.74, 6) is 0.331. The summed E-state index contributed by atoms with van der Waals surface area (Å²) in [6.45, 7) is 2.27. The van der Waals surface area contributed by atoms with Gasteiger partial charge in [-0.3, -0.25) is 0 Å². The molecule has 0 atom stereocenters. The molecule has 0 bridgehead atoms. The van der Waals surface area contributed by atoms with Crippen molar-refractivity contribution in [1.82, 2.24) is 0 Å². The molecule has 17 heavy (non-hydrogen) atoms. The van der Waals surface area contributed by atoms with Gasteiger partial charge in [0.1, 0.15) is 9.15 Å². The number of hydrogen-bond donors (Lipinski definition) is 2. The van der Waals surface area contributed by atoms with Gasteiger partial charge in [0.25, 0.3) is 0 Å². The molecular weight excluding hydrogens is 260 g/mol. The van der Waals surface area contributed by atoms with E-state index in [0.717, 1.165) is 18.8 Å². The molecule has 0 heterocycles. The Labute approximate surface area is 105 Å². The summed E-state index contributed by atoms with van der Waals surface area (Å²) >= 11 is 0. The lowest BCUT2D eigenvalue weighted by Crippen LogP contribution is -2.86. The average Bonchev–Trinajstić information content (AvgIpc) is 2.28. The van der Waals surface area contributed by atoms with E-state index in [0.29, 0.717) is 23.1 Å². The van der Waals surface area contributed by atoms with Crippen LogP contribution < -0.4 is 10.6 Å². The highest BCUT2D eigenvalue weighted by molar-refractivity contribution is 8.69. The third-order valence-corrected chi connectivity index (χ3v) is 4.06. The lowest BCUT2D eigenvalue weighted by atomic mass is 10.3. The topological polar surface area (TPSA) is 85.8 Å². The molecule has 0 aliphatic carbocycles. The zero-order chi connectivity index (χ0) is 12.6. The molecule has 0 amide bonds. The molecule has 0 unspecified atom stereocenters. The van der Waals surface area contributed by atoms with Crippen molar-refractivity contribution in [2.75, 3.05) is 30.7 Å². The number of para-hydroxylation sites is 1. The molecule has 5 nitrogen and oxygen atoms in total. The van der Waals surface area contributed by atoms with Gasteiger partial charge in [0.05, 0.1) is 25.4 Å². The SMILES string of the molecule is O=S(=O)([O-])SCC[NH2+]CCNc1ccccc1. The second-order valence-electron chi connectivity index (χ2n) is 3.39. The Hall–Kier alpha value is -0.760. The van der Waals surface area contributed by atoms with Crippen LogP contribution in [0.15, 0.2) is 30.3 Å².